The minimum atomic E-state index is -2.66. The number of nitrogens with zero attached hydrogens (tertiary/aromatic N) is 6. The van der Waals surface area contributed by atoms with E-state index in [9.17, 15) is 8.78 Å². The molecular weight excluding hydrogens is 504 g/mol. The van der Waals surface area contributed by atoms with Gasteiger partial charge in [0, 0.05) is 54.0 Å². The van der Waals surface area contributed by atoms with Gasteiger partial charge in [-0.25, -0.2) is 19.6 Å². The van der Waals surface area contributed by atoms with Gasteiger partial charge in [-0.3, -0.25) is 0 Å². The predicted octanol–water partition coefficient (Wildman–Crippen LogP) is 5.02. The lowest BCUT2D eigenvalue weighted by molar-refractivity contribution is 0.0566. The lowest BCUT2D eigenvalue weighted by atomic mass is 9.96. The monoisotopic (exact) mass is 531 g/mol. The summed E-state index contributed by atoms with van der Waals surface area (Å²) in [6, 6.07) is 5.97. The van der Waals surface area contributed by atoms with Gasteiger partial charge >= 0.3 is 6.55 Å². The molecule has 200 valence electrons. The first-order valence-corrected chi connectivity index (χ1v) is 13.1. The molecule has 1 N–H and O–H groups in total. The quantitative estimate of drug-likeness (QED) is 0.387. The van der Waals surface area contributed by atoms with Crippen molar-refractivity contribution in [1.82, 2.24) is 29.7 Å². The largest absolute Gasteiger partial charge is 0.486 e. The third-order valence-electron chi connectivity index (χ3n) is 7.69. The summed E-state index contributed by atoms with van der Waals surface area (Å²) in [4.78, 5) is 19.9. The van der Waals surface area contributed by atoms with E-state index in [0.29, 0.717) is 35.8 Å². The van der Waals surface area contributed by atoms with E-state index in [-0.39, 0.29) is 0 Å². The second-order valence-corrected chi connectivity index (χ2v) is 10.1. The molecule has 39 heavy (non-hydrogen) atoms. The summed E-state index contributed by atoms with van der Waals surface area (Å²) in [5.41, 5.74) is 6.45. The fourth-order valence-corrected chi connectivity index (χ4v) is 5.68. The van der Waals surface area contributed by atoms with Crippen LogP contribution in [0, 0.1) is 6.92 Å². The van der Waals surface area contributed by atoms with E-state index >= 15 is 0 Å². The van der Waals surface area contributed by atoms with Crippen molar-refractivity contribution >= 4 is 17.5 Å². The summed E-state index contributed by atoms with van der Waals surface area (Å²) in [6.07, 6.45) is 8.91. The highest BCUT2D eigenvalue weighted by molar-refractivity contribution is 5.90. The fourth-order valence-electron chi connectivity index (χ4n) is 5.68. The van der Waals surface area contributed by atoms with Gasteiger partial charge in [0.15, 0.2) is 11.5 Å². The number of ether oxygens (including phenoxy) is 2. The second-order valence-electron chi connectivity index (χ2n) is 10.1. The zero-order chi connectivity index (χ0) is 26.5. The van der Waals surface area contributed by atoms with E-state index in [4.69, 9.17) is 14.5 Å². The number of benzene rings is 1. The molecule has 0 saturated carbocycles. The lowest BCUT2D eigenvalue weighted by Gasteiger charge is -2.32. The molecule has 11 heteroatoms. The van der Waals surface area contributed by atoms with Crippen LogP contribution in [0.3, 0.4) is 0 Å². The van der Waals surface area contributed by atoms with Crippen LogP contribution in [0.4, 0.5) is 14.6 Å². The van der Waals surface area contributed by atoms with Crippen LogP contribution in [0.2, 0.25) is 0 Å². The van der Waals surface area contributed by atoms with E-state index in [1.165, 1.54) is 12.4 Å². The SMILES string of the molecule is Cc1[nH]c(C2CCN(c3ncnc4c3C=C(c3cnn(C(F)F)c3)C4)CC2)nc1-c1ccc2c(c1)OCCO2. The molecule has 0 atom stereocenters. The molecule has 9 nitrogen and oxygen atoms in total. The van der Waals surface area contributed by atoms with Crippen molar-refractivity contribution in [2.24, 2.45) is 0 Å². The molecular formula is C28H27F2N7O2. The van der Waals surface area contributed by atoms with E-state index in [0.717, 1.165) is 82.9 Å². The molecule has 2 aliphatic heterocycles. The number of hydrogen-bond acceptors (Lipinski definition) is 7. The first-order chi connectivity index (χ1) is 19.0. The highest BCUT2D eigenvalue weighted by atomic mass is 19.3. The first-order valence-electron chi connectivity index (χ1n) is 13.1. The van der Waals surface area contributed by atoms with Crippen molar-refractivity contribution in [3.63, 3.8) is 0 Å². The number of aromatic amines is 1. The van der Waals surface area contributed by atoms with E-state index in [1.807, 2.05) is 24.3 Å². The van der Waals surface area contributed by atoms with E-state index in [2.05, 4.69) is 31.9 Å². The van der Waals surface area contributed by atoms with E-state index < -0.39 is 6.55 Å². The average molecular weight is 532 g/mol. The van der Waals surface area contributed by atoms with Crippen LogP contribution < -0.4 is 14.4 Å². The van der Waals surface area contributed by atoms with Crippen molar-refractivity contribution in [3.8, 4) is 22.8 Å². The first kappa shape index (κ1) is 23.8. The summed E-state index contributed by atoms with van der Waals surface area (Å²) in [5, 5.41) is 3.78. The molecule has 4 aromatic rings. The van der Waals surface area contributed by atoms with E-state index in [1.54, 1.807) is 6.33 Å². The predicted molar refractivity (Wildman–Crippen MR) is 141 cm³/mol. The standard InChI is InChI=1S/C28H27F2N7O2/c1-16-25(18-2-3-23-24(12-18)39-9-8-38-23)35-26(34-16)17-4-6-36(7-5-17)27-21-10-19(11-22(21)31-15-32-27)20-13-33-37(14-20)28(29)30/h2-3,10,12-15,17,28H,4-9,11H2,1H3,(H,34,35). The zero-order valence-electron chi connectivity index (χ0n) is 21.4. The van der Waals surface area contributed by atoms with Gasteiger partial charge in [-0.1, -0.05) is 0 Å². The molecule has 0 unspecified atom stereocenters. The molecule has 3 aliphatic rings. The van der Waals surface area contributed by atoms with Gasteiger partial charge in [0.05, 0.1) is 17.6 Å². The van der Waals surface area contributed by atoms with Crippen molar-refractivity contribution in [2.45, 2.75) is 38.7 Å². The summed E-state index contributed by atoms with van der Waals surface area (Å²) in [5.74, 6) is 3.73. The number of halogens is 2. The number of piperidine rings is 1. The molecule has 1 saturated heterocycles. The number of fused-ring (bicyclic) bond motifs is 2. The van der Waals surface area contributed by atoms with Gasteiger partial charge < -0.3 is 19.4 Å². The summed E-state index contributed by atoms with van der Waals surface area (Å²) < 4.78 is 38.1. The molecule has 7 rings (SSSR count). The van der Waals surface area contributed by atoms with Crippen LogP contribution in [0.25, 0.3) is 22.9 Å². The third-order valence-corrected chi connectivity index (χ3v) is 7.69. The van der Waals surface area contributed by atoms with Gasteiger partial charge in [0.25, 0.3) is 0 Å². The maximum atomic E-state index is 13.0. The average Bonchev–Trinajstić information content (AvgIpc) is 3.71. The Morgan fingerprint density at radius 1 is 1.05 bits per heavy atom. The van der Waals surface area contributed by atoms with Crippen molar-refractivity contribution in [1.29, 1.82) is 0 Å². The molecule has 3 aromatic heterocycles. The molecule has 0 spiro atoms. The Hall–Kier alpha value is -4.28. The number of alkyl halides is 2. The normalized spacial score (nSPS) is 17.0. The van der Waals surface area contributed by atoms with Crippen molar-refractivity contribution in [2.75, 3.05) is 31.2 Å². The number of allylic oxidation sites excluding steroid dienone is 1. The van der Waals surface area contributed by atoms with Gasteiger partial charge in [0.2, 0.25) is 0 Å². The number of aryl methyl sites for hydroxylation is 1. The molecule has 5 heterocycles. The van der Waals surface area contributed by atoms with Gasteiger partial charge in [-0.2, -0.15) is 13.9 Å². The van der Waals surface area contributed by atoms with Crippen molar-refractivity contribution < 1.29 is 18.3 Å². The van der Waals surface area contributed by atoms with Crippen LogP contribution in [0.1, 0.15) is 53.6 Å². The number of hydrogen-bond donors (Lipinski definition) is 1. The molecule has 0 radical (unpaired) electrons. The Bertz CT molecular complexity index is 1570. The maximum absolute atomic E-state index is 13.0. The molecule has 1 aliphatic carbocycles. The Balaban J connectivity index is 1.07. The summed E-state index contributed by atoms with van der Waals surface area (Å²) in [6.45, 7) is 2.18. The van der Waals surface area contributed by atoms with Crippen molar-refractivity contribution in [3.05, 3.63) is 65.3 Å². The van der Waals surface area contributed by atoms with Crippen LogP contribution in [-0.4, -0.2) is 56.0 Å². The Morgan fingerprint density at radius 3 is 2.67 bits per heavy atom. The Morgan fingerprint density at radius 2 is 1.87 bits per heavy atom. The van der Waals surface area contributed by atoms with Gasteiger partial charge in [-0.15, -0.1) is 0 Å². The number of aromatic nitrogens is 6. The highest BCUT2D eigenvalue weighted by Gasteiger charge is 2.29. The van der Waals surface area contributed by atoms with Crippen LogP contribution >= 0.6 is 0 Å². The highest BCUT2D eigenvalue weighted by Crippen LogP contribution is 2.39. The number of imidazole rings is 1. The summed E-state index contributed by atoms with van der Waals surface area (Å²) >= 11 is 0. The lowest BCUT2D eigenvalue weighted by Crippen LogP contribution is -2.34. The molecule has 0 bridgehead atoms. The topological polar surface area (TPSA) is 94.0 Å². The second kappa shape index (κ2) is 9.48. The van der Waals surface area contributed by atoms with Gasteiger partial charge in [-0.05, 0) is 49.6 Å². The van der Waals surface area contributed by atoms with Crippen LogP contribution in [0.15, 0.2) is 36.9 Å². The third kappa shape index (κ3) is 4.31. The number of rotatable bonds is 5. The number of anilines is 1. The van der Waals surface area contributed by atoms with Gasteiger partial charge in [0.1, 0.15) is 31.2 Å². The number of nitrogens with one attached hydrogen (secondary N) is 1. The molecule has 1 fully saturated rings. The molecule has 1 aromatic carbocycles. The fraction of sp³-hybridized carbons (Fsp3) is 0.357. The smallest absolute Gasteiger partial charge is 0.333 e. The number of H-pyrrole nitrogens is 1. The Kier molecular flexibility index (Phi) is 5.79. The summed E-state index contributed by atoms with van der Waals surface area (Å²) in [7, 11) is 0. The van der Waals surface area contributed by atoms with Crippen LogP contribution in [-0.2, 0) is 6.42 Å². The Labute approximate surface area is 223 Å². The minimum absolute atomic E-state index is 0.312. The molecule has 0 amide bonds. The maximum Gasteiger partial charge on any atom is 0.333 e. The van der Waals surface area contributed by atoms with Crippen LogP contribution in [0.5, 0.6) is 11.5 Å². The zero-order valence-corrected chi connectivity index (χ0v) is 21.4. The minimum Gasteiger partial charge on any atom is -0.486 e.